The zero-order valence-corrected chi connectivity index (χ0v) is 19.1. The van der Waals surface area contributed by atoms with Crippen molar-refractivity contribution in [3.05, 3.63) is 98.6 Å². The summed E-state index contributed by atoms with van der Waals surface area (Å²) in [6.07, 6.45) is 0. The Morgan fingerprint density at radius 3 is 2.65 bits per heavy atom. The lowest BCUT2D eigenvalue weighted by Gasteiger charge is -2.26. The van der Waals surface area contributed by atoms with Gasteiger partial charge in [0.25, 0.3) is 5.91 Å². The van der Waals surface area contributed by atoms with Crippen molar-refractivity contribution in [3.63, 3.8) is 0 Å². The van der Waals surface area contributed by atoms with Crippen LogP contribution >= 0.6 is 11.6 Å². The molecule has 0 radical (unpaired) electrons. The summed E-state index contributed by atoms with van der Waals surface area (Å²) in [5.74, 6) is -0.142. The molecule has 34 heavy (non-hydrogen) atoms. The summed E-state index contributed by atoms with van der Waals surface area (Å²) in [4.78, 5) is 28.7. The van der Waals surface area contributed by atoms with Gasteiger partial charge in [-0.15, -0.1) is 0 Å². The Hall–Kier alpha value is -3.84. The highest BCUT2D eigenvalue weighted by molar-refractivity contribution is 6.32. The van der Waals surface area contributed by atoms with Crippen LogP contribution in [-0.4, -0.2) is 19.6 Å². The number of benzene rings is 3. The number of amides is 1. The van der Waals surface area contributed by atoms with Gasteiger partial charge in [-0.25, -0.2) is 4.39 Å². The first-order valence-corrected chi connectivity index (χ1v) is 11.0. The van der Waals surface area contributed by atoms with E-state index in [2.05, 4.69) is 0 Å². The van der Waals surface area contributed by atoms with Gasteiger partial charge in [0.2, 0.25) is 5.76 Å². The van der Waals surface area contributed by atoms with Gasteiger partial charge in [0.1, 0.15) is 22.9 Å². The topological polar surface area (TPSA) is 69.0 Å². The molecule has 5 rings (SSSR count). The van der Waals surface area contributed by atoms with Gasteiger partial charge >= 0.3 is 0 Å². The SMILES string of the molecule is CCOc1cccc(C2c3c(oc4ccc(F)cc4c3=O)C(=O)N2c2ccc(OC)c(Cl)c2)c1. The Bertz CT molecular complexity index is 1500. The molecule has 0 N–H and O–H groups in total. The zero-order valence-electron chi connectivity index (χ0n) is 18.3. The van der Waals surface area contributed by atoms with Crippen LogP contribution in [0.1, 0.15) is 34.6 Å². The van der Waals surface area contributed by atoms with Gasteiger partial charge in [-0.05, 0) is 61.0 Å². The normalized spacial score (nSPS) is 15.0. The first kappa shape index (κ1) is 22.0. The quantitative estimate of drug-likeness (QED) is 0.365. The minimum atomic E-state index is -0.837. The van der Waals surface area contributed by atoms with Gasteiger partial charge < -0.3 is 13.9 Å². The van der Waals surface area contributed by atoms with Gasteiger partial charge in [0, 0.05) is 5.69 Å². The Balaban J connectivity index is 1.78. The van der Waals surface area contributed by atoms with E-state index < -0.39 is 23.2 Å². The van der Waals surface area contributed by atoms with Crippen LogP contribution in [0.25, 0.3) is 11.0 Å². The van der Waals surface area contributed by atoms with Crippen LogP contribution in [0.2, 0.25) is 5.02 Å². The van der Waals surface area contributed by atoms with E-state index in [9.17, 15) is 14.0 Å². The fourth-order valence-corrected chi connectivity index (χ4v) is 4.52. The Kier molecular flexibility index (Phi) is 5.49. The molecule has 4 aromatic rings. The number of carbonyl (C=O) groups excluding carboxylic acids is 1. The summed E-state index contributed by atoms with van der Waals surface area (Å²) < 4.78 is 30.7. The molecule has 1 atom stereocenters. The van der Waals surface area contributed by atoms with Crippen molar-refractivity contribution in [2.75, 3.05) is 18.6 Å². The predicted octanol–water partition coefficient (Wildman–Crippen LogP) is 5.74. The van der Waals surface area contributed by atoms with E-state index in [0.717, 1.165) is 6.07 Å². The van der Waals surface area contributed by atoms with Gasteiger partial charge in [-0.1, -0.05) is 23.7 Å². The van der Waals surface area contributed by atoms with Gasteiger partial charge in [0.05, 0.1) is 35.7 Å². The molecule has 1 aliphatic heterocycles. The molecule has 3 aromatic carbocycles. The first-order valence-electron chi connectivity index (χ1n) is 10.6. The summed E-state index contributed by atoms with van der Waals surface area (Å²) in [6, 6.07) is 14.9. The lowest BCUT2D eigenvalue weighted by molar-refractivity contribution is 0.0971. The number of methoxy groups -OCH3 is 1. The largest absolute Gasteiger partial charge is 0.495 e. The molecule has 0 saturated carbocycles. The molecular formula is C26H19ClFNO5. The third kappa shape index (κ3) is 3.49. The fourth-order valence-electron chi connectivity index (χ4n) is 4.27. The van der Waals surface area contributed by atoms with Crippen LogP contribution in [-0.2, 0) is 0 Å². The number of rotatable bonds is 5. The molecular weight excluding hydrogens is 461 g/mol. The third-order valence-corrected chi connectivity index (χ3v) is 6.03. The number of ether oxygens (including phenoxy) is 2. The van der Waals surface area contributed by atoms with Crippen molar-refractivity contribution < 1.29 is 23.1 Å². The average Bonchev–Trinajstić information content (AvgIpc) is 3.12. The van der Waals surface area contributed by atoms with Gasteiger partial charge in [0.15, 0.2) is 5.43 Å². The number of fused-ring (bicyclic) bond motifs is 2. The molecule has 0 aliphatic carbocycles. The van der Waals surface area contributed by atoms with E-state index >= 15 is 0 Å². The molecule has 8 heteroatoms. The second-order valence-corrected chi connectivity index (χ2v) is 8.12. The summed E-state index contributed by atoms with van der Waals surface area (Å²) in [5, 5.41) is 0.365. The molecule has 1 aromatic heterocycles. The van der Waals surface area contributed by atoms with Gasteiger partial charge in [-0.2, -0.15) is 0 Å². The summed E-state index contributed by atoms with van der Waals surface area (Å²) in [6.45, 7) is 2.32. The van der Waals surface area contributed by atoms with E-state index in [0.29, 0.717) is 34.4 Å². The van der Waals surface area contributed by atoms with Crippen LogP contribution in [0.4, 0.5) is 10.1 Å². The predicted molar refractivity (Wildman–Crippen MR) is 127 cm³/mol. The van der Waals surface area contributed by atoms with Crippen LogP contribution < -0.4 is 19.8 Å². The molecule has 0 saturated heterocycles. The maximum Gasteiger partial charge on any atom is 0.295 e. The standard InChI is InChI=1S/C26H19ClFNO5/c1-3-33-17-6-4-5-14(11-17)23-22-24(30)18-12-15(28)7-9-20(18)34-25(22)26(31)29(23)16-8-10-21(32-2)19(27)13-16/h4-13,23H,3H2,1-2H3. The van der Waals surface area contributed by atoms with Crippen molar-refractivity contribution in [1.82, 2.24) is 0 Å². The molecule has 172 valence electrons. The maximum atomic E-state index is 14.0. The molecule has 1 unspecified atom stereocenters. The average molecular weight is 480 g/mol. The van der Waals surface area contributed by atoms with Crippen LogP contribution in [0.3, 0.4) is 0 Å². The Morgan fingerprint density at radius 1 is 1.09 bits per heavy atom. The lowest BCUT2D eigenvalue weighted by atomic mass is 9.98. The lowest BCUT2D eigenvalue weighted by Crippen LogP contribution is -2.29. The monoisotopic (exact) mass is 479 g/mol. The van der Waals surface area contributed by atoms with E-state index in [1.54, 1.807) is 42.5 Å². The Morgan fingerprint density at radius 2 is 1.91 bits per heavy atom. The summed E-state index contributed by atoms with van der Waals surface area (Å²) in [5.41, 5.74) is 0.869. The van der Waals surface area contributed by atoms with Crippen LogP contribution in [0.5, 0.6) is 11.5 Å². The van der Waals surface area contributed by atoms with E-state index in [-0.39, 0.29) is 22.3 Å². The molecule has 0 bridgehead atoms. The van der Waals surface area contributed by atoms with E-state index in [1.807, 2.05) is 6.92 Å². The highest BCUT2D eigenvalue weighted by atomic mass is 35.5. The molecule has 2 heterocycles. The minimum Gasteiger partial charge on any atom is -0.495 e. The maximum absolute atomic E-state index is 14.0. The number of hydrogen-bond acceptors (Lipinski definition) is 5. The molecule has 1 amide bonds. The Labute approximate surface area is 199 Å². The van der Waals surface area contributed by atoms with Crippen molar-refractivity contribution >= 4 is 34.2 Å². The van der Waals surface area contributed by atoms with Crippen LogP contribution in [0, 0.1) is 5.82 Å². The number of anilines is 1. The number of carbonyl (C=O) groups is 1. The molecule has 1 aliphatic rings. The second-order valence-electron chi connectivity index (χ2n) is 7.72. The molecule has 6 nitrogen and oxygen atoms in total. The van der Waals surface area contributed by atoms with E-state index in [4.69, 9.17) is 25.5 Å². The van der Waals surface area contributed by atoms with Crippen molar-refractivity contribution in [2.24, 2.45) is 0 Å². The molecule has 0 spiro atoms. The number of halogens is 2. The zero-order chi connectivity index (χ0) is 24.0. The smallest absolute Gasteiger partial charge is 0.295 e. The molecule has 0 fully saturated rings. The highest BCUT2D eigenvalue weighted by Crippen LogP contribution is 2.43. The van der Waals surface area contributed by atoms with Crippen LogP contribution in [0.15, 0.2) is 69.9 Å². The number of hydrogen-bond donors (Lipinski definition) is 0. The minimum absolute atomic E-state index is 0.0622. The fraction of sp³-hybridized carbons (Fsp3) is 0.154. The van der Waals surface area contributed by atoms with Gasteiger partial charge in [-0.3, -0.25) is 14.5 Å². The summed E-state index contributed by atoms with van der Waals surface area (Å²) >= 11 is 6.35. The van der Waals surface area contributed by atoms with Crippen molar-refractivity contribution in [2.45, 2.75) is 13.0 Å². The van der Waals surface area contributed by atoms with E-state index in [1.165, 1.54) is 24.1 Å². The highest BCUT2D eigenvalue weighted by Gasteiger charge is 2.44. The summed E-state index contributed by atoms with van der Waals surface area (Å²) in [7, 11) is 1.49. The third-order valence-electron chi connectivity index (χ3n) is 5.73. The first-order chi connectivity index (χ1) is 16.4. The van der Waals surface area contributed by atoms with Crippen molar-refractivity contribution in [1.29, 1.82) is 0 Å². The number of nitrogens with zero attached hydrogens (tertiary/aromatic N) is 1. The van der Waals surface area contributed by atoms with Crippen molar-refractivity contribution in [3.8, 4) is 11.5 Å². The second kappa shape index (κ2) is 8.50.